The van der Waals surface area contributed by atoms with Crippen LogP contribution in [0.1, 0.15) is 30.6 Å². The Kier molecular flexibility index (Phi) is 4.72. The zero-order chi connectivity index (χ0) is 16.4. The molecular formula is C19H25N3OS. The lowest BCUT2D eigenvalue weighted by atomic mass is 10.2. The molecule has 4 rings (SSSR count). The van der Waals surface area contributed by atoms with Crippen LogP contribution in [-0.2, 0) is 0 Å². The molecule has 2 saturated heterocycles. The molecule has 3 aliphatic rings. The summed E-state index contributed by atoms with van der Waals surface area (Å²) in [6.45, 7) is 5.02. The van der Waals surface area contributed by atoms with Gasteiger partial charge in [-0.05, 0) is 56.3 Å². The molecule has 0 bridgehead atoms. The lowest BCUT2D eigenvalue weighted by Crippen LogP contribution is -2.48. The van der Waals surface area contributed by atoms with E-state index in [4.69, 9.17) is 0 Å². The number of carbonyl (C=O) groups excluding carboxylic acids is 1. The van der Waals surface area contributed by atoms with Crippen molar-refractivity contribution >= 4 is 23.1 Å². The summed E-state index contributed by atoms with van der Waals surface area (Å²) in [5.41, 5.74) is 1.05. The first-order chi connectivity index (χ1) is 11.8. The van der Waals surface area contributed by atoms with Crippen LogP contribution in [0, 0.1) is 0 Å². The van der Waals surface area contributed by atoms with Gasteiger partial charge in [0.25, 0.3) is 0 Å². The minimum atomic E-state index is 0.181. The van der Waals surface area contributed by atoms with Gasteiger partial charge in [-0.2, -0.15) is 0 Å². The first-order valence-electron chi connectivity index (χ1n) is 9.04. The molecule has 5 heteroatoms. The van der Waals surface area contributed by atoms with Crippen molar-refractivity contribution < 1.29 is 4.79 Å². The van der Waals surface area contributed by atoms with E-state index in [2.05, 4.69) is 39.5 Å². The number of likely N-dealkylation sites (tertiary alicyclic amines) is 2. The molecule has 4 nitrogen and oxygen atoms in total. The zero-order valence-electron chi connectivity index (χ0n) is 14.1. The highest BCUT2D eigenvalue weighted by Crippen LogP contribution is 2.29. The zero-order valence-corrected chi connectivity index (χ0v) is 14.9. The van der Waals surface area contributed by atoms with E-state index in [1.807, 2.05) is 11.0 Å². The molecule has 0 unspecified atom stereocenters. The van der Waals surface area contributed by atoms with Gasteiger partial charge in [0, 0.05) is 25.7 Å². The number of nitrogens with zero attached hydrogens (tertiary/aromatic N) is 3. The predicted octanol–water partition coefficient (Wildman–Crippen LogP) is 3.64. The fourth-order valence-corrected chi connectivity index (χ4v) is 4.79. The van der Waals surface area contributed by atoms with Crippen molar-refractivity contribution in [1.82, 2.24) is 14.7 Å². The minimum absolute atomic E-state index is 0.181. The lowest BCUT2D eigenvalue weighted by molar-refractivity contribution is 0.155. The van der Waals surface area contributed by atoms with Crippen LogP contribution in [-0.4, -0.2) is 59.5 Å². The van der Waals surface area contributed by atoms with Crippen molar-refractivity contribution in [3.63, 3.8) is 0 Å². The maximum absolute atomic E-state index is 13.3. The van der Waals surface area contributed by atoms with Gasteiger partial charge in [-0.3, -0.25) is 4.90 Å². The van der Waals surface area contributed by atoms with E-state index in [0.717, 1.165) is 31.6 Å². The number of hydrogen-bond donors (Lipinski definition) is 0. The van der Waals surface area contributed by atoms with E-state index in [1.54, 1.807) is 11.3 Å². The summed E-state index contributed by atoms with van der Waals surface area (Å²) in [4.78, 5) is 21.0. The molecule has 0 aliphatic carbocycles. The largest absolute Gasteiger partial charge is 0.325 e. The topological polar surface area (TPSA) is 26.8 Å². The number of allylic oxidation sites excluding steroid dienone is 2. The number of hydrogen-bond acceptors (Lipinski definition) is 3. The molecule has 128 valence electrons. The lowest BCUT2D eigenvalue weighted by Gasteiger charge is -2.34. The van der Waals surface area contributed by atoms with E-state index in [0.29, 0.717) is 12.6 Å². The van der Waals surface area contributed by atoms with Crippen molar-refractivity contribution in [3.8, 4) is 0 Å². The molecule has 0 spiro atoms. The summed E-state index contributed by atoms with van der Waals surface area (Å²) in [5, 5.41) is 2.07. The van der Waals surface area contributed by atoms with Gasteiger partial charge in [0.2, 0.25) is 0 Å². The summed E-state index contributed by atoms with van der Waals surface area (Å²) in [6.07, 6.45) is 11.1. The standard InChI is InChI=1S/C19H25N3OS/c23-19(21-13-5-7-16(21)15-20-10-3-4-11-20)22-12-2-1-8-17(22)18-9-6-14-24-18/h1-2,6,8-9,14,16H,3-5,7,10-13,15H2/t16-/m0/s1. The predicted molar refractivity (Wildman–Crippen MR) is 98.9 cm³/mol. The van der Waals surface area contributed by atoms with E-state index < -0.39 is 0 Å². The van der Waals surface area contributed by atoms with Gasteiger partial charge in [-0.15, -0.1) is 11.3 Å². The molecule has 1 aromatic heterocycles. The first-order valence-corrected chi connectivity index (χ1v) is 9.92. The molecule has 0 N–H and O–H groups in total. The molecule has 0 radical (unpaired) electrons. The van der Waals surface area contributed by atoms with Crippen LogP contribution >= 0.6 is 11.3 Å². The number of thiophene rings is 1. The number of urea groups is 1. The van der Waals surface area contributed by atoms with Crippen molar-refractivity contribution in [2.75, 3.05) is 32.7 Å². The molecular weight excluding hydrogens is 318 g/mol. The van der Waals surface area contributed by atoms with Crippen molar-refractivity contribution in [3.05, 3.63) is 40.6 Å². The fourth-order valence-electron chi connectivity index (χ4n) is 4.03. The van der Waals surface area contributed by atoms with Crippen LogP contribution in [0.25, 0.3) is 5.70 Å². The third-order valence-corrected chi connectivity index (χ3v) is 6.16. The fraction of sp³-hybridized carbons (Fsp3) is 0.526. The summed E-state index contributed by atoms with van der Waals surface area (Å²) < 4.78 is 0. The molecule has 2 fully saturated rings. The maximum atomic E-state index is 13.3. The highest BCUT2D eigenvalue weighted by molar-refractivity contribution is 7.11. The summed E-state index contributed by atoms with van der Waals surface area (Å²) in [6, 6.07) is 4.71. The van der Waals surface area contributed by atoms with Crippen molar-refractivity contribution in [1.29, 1.82) is 0 Å². The van der Waals surface area contributed by atoms with E-state index in [9.17, 15) is 4.79 Å². The summed E-state index contributed by atoms with van der Waals surface area (Å²) >= 11 is 1.70. The monoisotopic (exact) mass is 343 g/mol. The summed E-state index contributed by atoms with van der Waals surface area (Å²) in [5.74, 6) is 0. The summed E-state index contributed by atoms with van der Waals surface area (Å²) in [7, 11) is 0. The number of carbonyl (C=O) groups is 1. The Morgan fingerprint density at radius 1 is 1.21 bits per heavy atom. The first kappa shape index (κ1) is 15.9. The maximum Gasteiger partial charge on any atom is 0.325 e. The van der Waals surface area contributed by atoms with Crippen LogP contribution in [0.4, 0.5) is 4.79 Å². The third kappa shape index (κ3) is 3.15. The number of amides is 2. The average molecular weight is 343 g/mol. The highest BCUT2D eigenvalue weighted by Gasteiger charge is 2.34. The number of rotatable bonds is 3. The van der Waals surface area contributed by atoms with Crippen molar-refractivity contribution in [2.24, 2.45) is 0 Å². The van der Waals surface area contributed by atoms with Crippen LogP contribution in [0.3, 0.4) is 0 Å². The average Bonchev–Trinajstić information content (AvgIpc) is 3.37. The molecule has 1 atom stereocenters. The third-order valence-electron chi connectivity index (χ3n) is 5.26. The molecule has 0 saturated carbocycles. The smallest absolute Gasteiger partial charge is 0.320 e. The SMILES string of the molecule is O=C(N1CC=CC=C1c1cccs1)N1CCC[C@H]1CN1CCCC1. The van der Waals surface area contributed by atoms with Crippen LogP contribution in [0.5, 0.6) is 0 Å². The molecule has 2 amide bonds. The van der Waals surface area contributed by atoms with Gasteiger partial charge in [0.15, 0.2) is 0 Å². The van der Waals surface area contributed by atoms with Crippen molar-refractivity contribution in [2.45, 2.75) is 31.7 Å². The normalized spacial score (nSPS) is 24.7. The Labute approximate surface area is 148 Å². The molecule has 24 heavy (non-hydrogen) atoms. The van der Waals surface area contributed by atoms with Gasteiger partial charge in [-0.1, -0.05) is 18.2 Å². The highest BCUT2D eigenvalue weighted by atomic mass is 32.1. The van der Waals surface area contributed by atoms with Gasteiger partial charge >= 0.3 is 6.03 Å². The Hall–Kier alpha value is -1.59. The van der Waals surface area contributed by atoms with Crippen LogP contribution in [0.2, 0.25) is 0 Å². The Morgan fingerprint density at radius 2 is 2.08 bits per heavy atom. The molecule has 1 aromatic rings. The molecule has 3 aliphatic heterocycles. The Bertz CT molecular complexity index is 631. The second-order valence-electron chi connectivity index (χ2n) is 6.85. The van der Waals surface area contributed by atoms with Gasteiger partial charge < -0.3 is 9.80 Å². The Morgan fingerprint density at radius 3 is 2.88 bits per heavy atom. The second kappa shape index (κ2) is 7.11. The van der Waals surface area contributed by atoms with Crippen LogP contribution < -0.4 is 0 Å². The van der Waals surface area contributed by atoms with E-state index >= 15 is 0 Å². The van der Waals surface area contributed by atoms with Crippen LogP contribution in [0.15, 0.2) is 35.7 Å². The minimum Gasteiger partial charge on any atom is -0.320 e. The Balaban J connectivity index is 1.49. The molecule has 0 aromatic carbocycles. The molecule has 4 heterocycles. The van der Waals surface area contributed by atoms with E-state index in [1.165, 1.54) is 30.8 Å². The second-order valence-corrected chi connectivity index (χ2v) is 7.80. The van der Waals surface area contributed by atoms with Gasteiger partial charge in [0.05, 0.1) is 10.6 Å². The van der Waals surface area contributed by atoms with Gasteiger partial charge in [-0.25, -0.2) is 4.79 Å². The van der Waals surface area contributed by atoms with E-state index in [-0.39, 0.29) is 6.03 Å². The van der Waals surface area contributed by atoms with Gasteiger partial charge in [0.1, 0.15) is 0 Å². The quantitative estimate of drug-likeness (QED) is 0.838.